The fourth-order valence-electron chi connectivity index (χ4n) is 1.80. The van der Waals surface area contributed by atoms with E-state index in [9.17, 15) is 0 Å². The normalized spacial score (nSPS) is 10.9. The predicted octanol–water partition coefficient (Wildman–Crippen LogP) is 3.75. The van der Waals surface area contributed by atoms with Gasteiger partial charge in [0.05, 0.1) is 10.7 Å². The van der Waals surface area contributed by atoms with E-state index >= 15 is 0 Å². The number of hydrogen-bond donors (Lipinski definition) is 1. The molecule has 3 nitrogen and oxygen atoms in total. The summed E-state index contributed by atoms with van der Waals surface area (Å²) in [5.41, 5.74) is 2.34. The van der Waals surface area contributed by atoms with Crippen LogP contribution in [0.4, 0.5) is 0 Å². The third-order valence-electron chi connectivity index (χ3n) is 2.75. The van der Waals surface area contributed by atoms with Crippen molar-refractivity contribution < 1.29 is 0 Å². The van der Waals surface area contributed by atoms with Gasteiger partial charge >= 0.3 is 0 Å². The van der Waals surface area contributed by atoms with E-state index in [1.807, 2.05) is 18.7 Å². The van der Waals surface area contributed by atoms with Crippen molar-refractivity contribution in [3.63, 3.8) is 0 Å². The number of aromatic nitrogens is 2. The highest BCUT2D eigenvalue weighted by atomic mass is 79.9. The molecule has 1 aromatic heterocycles. The maximum Gasteiger partial charge on any atom is 0.0987 e. The van der Waals surface area contributed by atoms with Crippen LogP contribution >= 0.6 is 27.7 Å². The zero-order valence-corrected chi connectivity index (χ0v) is 13.8. The first-order chi connectivity index (χ1) is 9.10. The van der Waals surface area contributed by atoms with Crippen molar-refractivity contribution in [3.05, 3.63) is 40.0 Å². The summed E-state index contributed by atoms with van der Waals surface area (Å²) in [6.07, 6.45) is 0. The molecule has 19 heavy (non-hydrogen) atoms. The molecule has 0 spiro atoms. The Morgan fingerprint density at radius 1 is 1.37 bits per heavy atom. The molecule has 0 saturated heterocycles. The van der Waals surface area contributed by atoms with Gasteiger partial charge in [-0.3, -0.25) is 4.68 Å². The molecule has 0 fully saturated rings. The van der Waals surface area contributed by atoms with E-state index in [2.05, 4.69) is 57.5 Å². The second kappa shape index (κ2) is 6.59. The second-order valence-electron chi connectivity index (χ2n) is 4.39. The zero-order chi connectivity index (χ0) is 13.8. The predicted molar refractivity (Wildman–Crippen MR) is 83.6 cm³/mol. The van der Waals surface area contributed by atoms with Gasteiger partial charge in [0.15, 0.2) is 0 Å². The van der Waals surface area contributed by atoms with Crippen LogP contribution < -0.4 is 5.32 Å². The molecular formula is C14H18BrN3S. The van der Waals surface area contributed by atoms with Crippen LogP contribution in [-0.4, -0.2) is 16.3 Å². The van der Waals surface area contributed by atoms with Crippen molar-refractivity contribution in [2.45, 2.75) is 30.3 Å². The molecule has 1 N–H and O–H groups in total. The topological polar surface area (TPSA) is 29.9 Å². The van der Waals surface area contributed by atoms with Crippen molar-refractivity contribution >= 4 is 27.7 Å². The molecule has 0 atom stereocenters. The third-order valence-corrected chi connectivity index (χ3v) is 4.83. The molecule has 5 heteroatoms. The first-order valence-electron chi connectivity index (χ1n) is 6.27. The maximum absolute atomic E-state index is 4.37. The molecule has 102 valence electrons. The van der Waals surface area contributed by atoms with Crippen molar-refractivity contribution in [3.8, 4) is 0 Å². The lowest BCUT2D eigenvalue weighted by molar-refractivity contribution is 0.692. The van der Waals surface area contributed by atoms with E-state index < -0.39 is 0 Å². The highest BCUT2D eigenvalue weighted by Crippen LogP contribution is 2.34. The van der Waals surface area contributed by atoms with E-state index in [4.69, 9.17) is 0 Å². The average molecular weight is 340 g/mol. The monoisotopic (exact) mass is 339 g/mol. The molecular weight excluding hydrogens is 322 g/mol. The molecule has 0 saturated carbocycles. The summed E-state index contributed by atoms with van der Waals surface area (Å²) < 4.78 is 3.05. The molecule has 2 aromatic rings. The number of halogens is 1. The molecule has 0 unspecified atom stereocenters. The summed E-state index contributed by atoms with van der Waals surface area (Å²) in [6, 6.07) is 8.60. The molecule has 0 aliphatic rings. The van der Waals surface area contributed by atoms with Crippen molar-refractivity contribution in [2.24, 2.45) is 7.05 Å². The number of rotatable bonds is 5. The summed E-state index contributed by atoms with van der Waals surface area (Å²) in [4.78, 5) is 1.21. The van der Waals surface area contributed by atoms with Crippen LogP contribution in [0, 0.1) is 6.92 Å². The minimum atomic E-state index is 0.908. The lowest BCUT2D eigenvalue weighted by Gasteiger charge is -2.07. The molecule has 0 amide bonds. The van der Waals surface area contributed by atoms with Crippen LogP contribution in [0.2, 0.25) is 0 Å². The number of aryl methyl sites for hydroxylation is 2. The standard InChI is InChI=1S/C14H18BrN3S/c1-4-16-9-11-5-6-13(12(15)8-11)19-14-7-10(2)17-18(14)3/h5-8,16H,4,9H2,1-3H3. The quantitative estimate of drug-likeness (QED) is 0.899. The Labute approximate surface area is 126 Å². The zero-order valence-electron chi connectivity index (χ0n) is 11.4. The minimum absolute atomic E-state index is 0.908. The van der Waals surface area contributed by atoms with Gasteiger partial charge in [0.2, 0.25) is 0 Å². The molecule has 1 heterocycles. The van der Waals surface area contributed by atoms with Crippen molar-refractivity contribution in [1.82, 2.24) is 15.1 Å². The van der Waals surface area contributed by atoms with Crippen LogP contribution in [0.15, 0.2) is 38.7 Å². The second-order valence-corrected chi connectivity index (χ2v) is 6.31. The number of benzene rings is 1. The van der Waals surface area contributed by atoms with E-state index in [1.54, 1.807) is 11.8 Å². The first kappa shape index (κ1) is 14.6. The summed E-state index contributed by atoms with van der Waals surface area (Å²) >= 11 is 5.38. The van der Waals surface area contributed by atoms with Gasteiger partial charge in [-0.25, -0.2) is 0 Å². The van der Waals surface area contributed by atoms with Crippen LogP contribution in [0.1, 0.15) is 18.2 Å². The molecule has 2 rings (SSSR count). The molecule has 0 bridgehead atoms. The van der Waals surface area contributed by atoms with Gasteiger partial charge in [0.1, 0.15) is 0 Å². The van der Waals surface area contributed by atoms with Gasteiger partial charge in [-0.15, -0.1) is 0 Å². The van der Waals surface area contributed by atoms with Crippen LogP contribution in [0.3, 0.4) is 0 Å². The summed E-state index contributed by atoms with van der Waals surface area (Å²) in [7, 11) is 1.97. The fraction of sp³-hybridized carbons (Fsp3) is 0.357. The van der Waals surface area contributed by atoms with Gasteiger partial charge < -0.3 is 5.32 Å². The Kier molecular flexibility index (Phi) is 5.07. The number of hydrogen-bond acceptors (Lipinski definition) is 3. The SMILES string of the molecule is CCNCc1ccc(Sc2cc(C)nn2C)c(Br)c1. The van der Waals surface area contributed by atoms with Gasteiger partial charge in [-0.05, 0) is 53.2 Å². The molecule has 0 aliphatic heterocycles. The average Bonchev–Trinajstić information content (AvgIpc) is 2.68. The van der Waals surface area contributed by atoms with Gasteiger partial charge in [-0.1, -0.05) is 24.8 Å². The fourth-order valence-corrected chi connectivity index (χ4v) is 3.39. The Morgan fingerprint density at radius 3 is 2.74 bits per heavy atom. The third kappa shape index (κ3) is 3.84. The highest BCUT2D eigenvalue weighted by Gasteiger charge is 2.08. The number of nitrogens with one attached hydrogen (secondary N) is 1. The smallest absolute Gasteiger partial charge is 0.0987 e. The Hall–Kier alpha value is -0.780. The molecule has 0 aliphatic carbocycles. The highest BCUT2D eigenvalue weighted by molar-refractivity contribution is 9.10. The lowest BCUT2D eigenvalue weighted by Crippen LogP contribution is -2.11. The first-order valence-corrected chi connectivity index (χ1v) is 7.88. The van der Waals surface area contributed by atoms with E-state index in [-0.39, 0.29) is 0 Å². The van der Waals surface area contributed by atoms with E-state index in [0.29, 0.717) is 0 Å². The molecule has 1 aromatic carbocycles. The summed E-state index contributed by atoms with van der Waals surface area (Å²) in [6.45, 7) is 6.02. The van der Waals surface area contributed by atoms with Crippen molar-refractivity contribution in [2.75, 3.05) is 6.54 Å². The van der Waals surface area contributed by atoms with Gasteiger partial charge in [0.25, 0.3) is 0 Å². The molecule has 0 radical (unpaired) electrons. The van der Waals surface area contributed by atoms with Crippen LogP contribution in [0.5, 0.6) is 0 Å². The Bertz CT molecular complexity index is 566. The van der Waals surface area contributed by atoms with Crippen LogP contribution in [0.25, 0.3) is 0 Å². The Morgan fingerprint density at radius 2 is 2.16 bits per heavy atom. The minimum Gasteiger partial charge on any atom is -0.313 e. The summed E-state index contributed by atoms with van der Waals surface area (Å²) in [5.74, 6) is 0. The Balaban J connectivity index is 2.15. The van der Waals surface area contributed by atoms with E-state index in [1.165, 1.54) is 10.5 Å². The maximum atomic E-state index is 4.37. The lowest BCUT2D eigenvalue weighted by atomic mass is 10.2. The largest absolute Gasteiger partial charge is 0.313 e. The van der Waals surface area contributed by atoms with Gasteiger partial charge in [-0.2, -0.15) is 5.10 Å². The van der Waals surface area contributed by atoms with E-state index in [0.717, 1.165) is 28.3 Å². The van der Waals surface area contributed by atoms with Crippen LogP contribution in [-0.2, 0) is 13.6 Å². The van der Waals surface area contributed by atoms with Crippen molar-refractivity contribution in [1.29, 1.82) is 0 Å². The van der Waals surface area contributed by atoms with Gasteiger partial charge in [0, 0.05) is 23.0 Å². The summed E-state index contributed by atoms with van der Waals surface area (Å²) in [5, 5.41) is 8.85. The number of nitrogens with zero attached hydrogens (tertiary/aromatic N) is 2.